The molecule has 0 saturated carbocycles. The second-order valence-corrected chi connectivity index (χ2v) is 6.20. The number of carbonyl (C=O) groups excluding carboxylic acids is 2. The third-order valence-corrected chi connectivity index (χ3v) is 3.93. The van der Waals surface area contributed by atoms with Gasteiger partial charge in [0.2, 0.25) is 11.8 Å². The predicted octanol–water partition coefficient (Wildman–Crippen LogP) is 3.01. The summed E-state index contributed by atoms with van der Waals surface area (Å²) in [5.74, 6) is -0.00993. The van der Waals surface area contributed by atoms with Crippen molar-refractivity contribution in [2.75, 3.05) is 19.0 Å². The lowest BCUT2D eigenvalue weighted by molar-refractivity contribution is -0.126. The van der Waals surface area contributed by atoms with Gasteiger partial charge in [0.15, 0.2) is 11.5 Å². The van der Waals surface area contributed by atoms with Crippen LogP contribution in [0.3, 0.4) is 0 Å². The molecule has 0 aliphatic carbocycles. The number of allylic oxidation sites excluding steroid dienone is 1. The summed E-state index contributed by atoms with van der Waals surface area (Å²) in [4.78, 5) is 23.9. The van der Waals surface area contributed by atoms with Gasteiger partial charge in [-0.25, -0.2) is 5.43 Å². The normalized spacial score (nSPS) is 10.5. The van der Waals surface area contributed by atoms with Crippen molar-refractivity contribution in [3.05, 3.63) is 60.2 Å². The van der Waals surface area contributed by atoms with Crippen LogP contribution in [0.2, 0.25) is 0 Å². The van der Waals surface area contributed by atoms with Gasteiger partial charge in [0.05, 0.1) is 19.9 Å². The monoisotopic (exact) mass is 411 g/mol. The summed E-state index contributed by atoms with van der Waals surface area (Å²) in [7, 11) is 1.44. The number of phenolic OH excluding ortho intramolecular Hbond substituents is 1. The number of nitrogens with zero attached hydrogens (tertiary/aromatic N) is 1. The van der Waals surface area contributed by atoms with Gasteiger partial charge in [-0.1, -0.05) is 6.08 Å². The van der Waals surface area contributed by atoms with Crippen molar-refractivity contribution < 1.29 is 24.2 Å². The number of nitrogens with one attached hydrogen (secondary N) is 2. The van der Waals surface area contributed by atoms with E-state index in [1.807, 2.05) is 6.92 Å². The van der Waals surface area contributed by atoms with E-state index < -0.39 is 11.8 Å². The van der Waals surface area contributed by atoms with Crippen molar-refractivity contribution in [2.24, 2.45) is 5.10 Å². The molecule has 2 aromatic rings. The molecule has 0 spiro atoms. The molecule has 0 aromatic heterocycles. The average Bonchev–Trinajstić information content (AvgIpc) is 2.72. The number of hydrogen-bond donors (Lipinski definition) is 3. The van der Waals surface area contributed by atoms with E-state index in [1.165, 1.54) is 13.3 Å². The number of phenols is 1. The first-order valence-corrected chi connectivity index (χ1v) is 9.32. The summed E-state index contributed by atoms with van der Waals surface area (Å²) >= 11 is 0. The number of rotatable bonds is 10. The van der Waals surface area contributed by atoms with Crippen LogP contribution >= 0.6 is 0 Å². The van der Waals surface area contributed by atoms with E-state index in [9.17, 15) is 14.7 Å². The number of hydrogen-bond acceptors (Lipinski definition) is 6. The van der Waals surface area contributed by atoms with Gasteiger partial charge in [-0.05, 0) is 55.3 Å². The number of methoxy groups -OCH3 is 1. The van der Waals surface area contributed by atoms with Crippen LogP contribution < -0.4 is 20.2 Å². The second-order valence-electron chi connectivity index (χ2n) is 6.20. The van der Waals surface area contributed by atoms with Gasteiger partial charge >= 0.3 is 0 Å². The Labute approximate surface area is 175 Å². The number of anilines is 1. The molecule has 2 aromatic carbocycles. The lowest BCUT2D eigenvalue weighted by Crippen LogP contribution is -2.24. The van der Waals surface area contributed by atoms with Gasteiger partial charge in [-0.3, -0.25) is 9.59 Å². The smallest absolute Gasteiger partial charge is 0.249 e. The highest BCUT2D eigenvalue weighted by atomic mass is 16.5. The van der Waals surface area contributed by atoms with Crippen LogP contribution in [0, 0.1) is 0 Å². The molecule has 0 aliphatic rings. The summed E-state index contributed by atoms with van der Waals surface area (Å²) in [5, 5.41) is 16.6. The molecule has 0 fully saturated rings. The number of ether oxygens (including phenoxy) is 2. The molecule has 158 valence electrons. The fraction of sp³-hybridized carbons (Fsp3) is 0.227. The summed E-state index contributed by atoms with van der Waals surface area (Å²) in [6.45, 7) is 6.09. The molecule has 0 atom stereocenters. The van der Waals surface area contributed by atoms with Gasteiger partial charge in [0.1, 0.15) is 12.2 Å². The first-order valence-electron chi connectivity index (χ1n) is 9.32. The van der Waals surface area contributed by atoms with Crippen LogP contribution in [-0.2, 0) is 16.0 Å². The Hall–Kier alpha value is -3.81. The van der Waals surface area contributed by atoms with Crippen molar-refractivity contribution >= 4 is 23.7 Å². The van der Waals surface area contributed by atoms with E-state index in [-0.39, 0.29) is 17.9 Å². The highest BCUT2D eigenvalue weighted by Crippen LogP contribution is 2.31. The Morgan fingerprint density at radius 3 is 2.57 bits per heavy atom. The minimum Gasteiger partial charge on any atom is -0.504 e. The minimum absolute atomic E-state index is 0.0320. The van der Waals surface area contributed by atoms with E-state index in [0.29, 0.717) is 35.6 Å². The Kier molecular flexibility index (Phi) is 8.43. The van der Waals surface area contributed by atoms with Crippen molar-refractivity contribution in [1.82, 2.24) is 5.43 Å². The molecule has 0 heterocycles. The van der Waals surface area contributed by atoms with Crippen LogP contribution in [-0.4, -0.2) is 36.9 Å². The molecule has 0 radical (unpaired) electrons. The number of amides is 2. The largest absolute Gasteiger partial charge is 0.504 e. The average molecular weight is 411 g/mol. The van der Waals surface area contributed by atoms with Gasteiger partial charge in [-0.2, -0.15) is 5.10 Å². The molecular formula is C22H25N3O5. The van der Waals surface area contributed by atoms with Crippen molar-refractivity contribution in [2.45, 2.75) is 19.8 Å². The van der Waals surface area contributed by atoms with E-state index in [2.05, 4.69) is 22.4 Å². The molecule has 8 nitrogen and oxygen atoms in total. The summed E-state index contributed by atoms with van der Waals surface area (Å²) in [6.07, 6.45) is 3.12. The van der Waals surface area contributed by atoms with Gasteiger partial charge in [0.25, 0.3) is 0 Å². The first kappa shape index (κ1) is 22.5. The fourth-order valence-corrected chi connectivity index (χ4v) is 2.60. The van der Waals surface area contributed by atoms with Crippen LogP contribution in [0.4, 0.5) is 5.69 Å². The zero-order chi connectivity index (χ0) is 21.9. The zero-order valence-electron chi connectivity index (χ0n) is 17.0. The molecule has 0 unspecified atom stereocenters. The highest BCUT2D eigenvalue weighted by molar-refractivity contribution is 6.03. The van der Waals surface area contributed by atoms with Crippen molar-refractivity contribution in [1.29, 1.82) is 0 Å². The summed E-state index contributed by atoms with van der Waals surface area (Å²) in [5.41, 5.74) is 4.09. The maximum Gasteiger partial charge on any atom is 0.249 e. The summed E-state index contributed by atoms with van der Waals surface area (Å²) in [6, 6.07) is 10.1. The zero-order valence-corrected chi connectivity index (χ0v) is 17.0. The molecule has 8 heteroatoms. The Balaban J connectivity index is 1.90. The molecule has 30 heavy (non-hydrogen) atoms. The molecule has 0 aliphatic heterocycles. The van der Waals surface area contributed by atoms with Crippen LogP contribution in [0.1, 0.15) is 24.5 Å². The Bertz CT molecular complexity index is 923. The number of aromatic hydroxyl groups is 1. The van der Waals surface area contributed by atoms with E-state index >= 15 is 0 Å². The topological polar surface area (TPSA) is 109 Å². The quantitative estimate of drug-likeness (QED) is 0.241. The van der Waals surface area contributed by atoms with Crippen molar-refractivity contribution in [3.8, 4) is 17.2 Å². The van der Waals surface area contributed by atoms with Gasteiger partial charge < -0.3 is 19.9 Å². The second kappa shape index (κ2) is 11.3. The van der Waals surface area contributed by atoms with Gasteiger partial charge in [0, 0.05) is 11.3 Å². The first-order chi connectivity index (χ1) is 14.5. The Morgan fingerprint density at radius 1 is 1.20 bits per heavy atom. The molecular weight excluding hydrogens is 386 g/mol. The summed E-state index contributed by atoms with van der Waals surface area (Å²) < 4.78 is 10.5. The van der Waals surface area contributed by atoms with Crippen LogP contribution in [0.5, 0.6) is 17.2 Å². The van der Waals surface area contributed by atoms with E-state index in [0.717, 1.165) is 0 Å². The minimum atomic E-state index is -0.563. The van der Waals surface area contributed by atoms with Crippen LogP contribution in [0.15, 0.2) is 54.2 Å². The lowest BCUT2D eigenvalue weighted by Gasteiger charge is -2.09. The number of carbonyl (C=O) groups is 2. The molecule has 0 saturated heterocycles. The predicted molar refractivity (Wildman–Crippen MR) is 115 cm³/mol. The highest BCUT2D eigenvalue weighted by Gasteiger charge is 2.10. The third kappa shape index (κ3) is 6.66. The van der Waals surface area contributed by atoms with E-state index in [4.69, 9.17) is 9.47 Å². The Morgan fingerprint density at radius 2 is 1.93 bits per heavy atom. The fourth-order valence-electron chi connectivity index (χ4n) is 2.60. The van der Waals surface area contributed by atoms with Crippen LogP contribution in [0.25, 0.3) is 0 Å². The molecule has 2 rings (SSSR count). The number of benzene rings is 2. The molecule has 0 bridgehead atoms. The molecule has 3 N–H and O–H groups in total. The standard InChI is InChI=1S/C22H25N3O5/c1-4-6-16-11-15(12-19(29-3)22(16)28)14-23-25-21(27)13-20(26)24-17-7-9-18(10-8-17)30-5-2/h4,7-12,14,28H,1,5-6,13H2,2-3H3,(H,24,26)(H,25,27). The third-order valence-electron chi connectivity index (χ3n) is 3.93. The lowest BCUT2D eigenvalue weighted by atomic mass is 10.1. The SMILES string of the molecule is C=CCc1cc(C=NNC(=O)CC(=O)Nc2ccc(OCC)cc2)cc(OC)c1O. The maximum atomic E-state index is 12.0. The van der Waals surface area contributed by atoms with Gasteiger partial charge in [-0.15, -0.1) is 6.58 Å². The van der Waals surface area contributed by atoms with Crippen molar-refractivity contribution in [3.63, 3.8) is 0 Å². The molecule has 2 amide bonds. The number of hydrazone groups is 1. The van der Waals surface area contributed by atoms with E-state index in [1.54, 1.807) is 42.5 Å². The maximum absolute atomic E-state index is 12.0.